The Morgan fingerprint density at radius 2 is 2.05 bits per heavy atom. The zero-order valence-electron chi connectivity index (χ0n) is 12.0. The molecule has 0 fully saturated rings. The summed E-state index contributed by atoms with van der Waals surface area (Å²) in [6.45, 7) is 0.596. The van der Waals surface area contributed by atoms with Crippen LogP contribution in [0.1, 0.15) is 12.0 Å². The second-order valence-corrected chi connectivity index (χ2v) is 4.89. The molecule has 2 heterocycles. The Morgan fingerprint density at radius 1 is 1.23 bits per heavy atom. The van der Waals surface area contributed by atoms with E-state index in [1.54, 1.807) is 6.20 Å². The maximum absolute atomic E-state index is 5.50. The molecule has 1 atom stereocenters. The molecule has 1 aromatic carbocycles. The first-order valence-corrected chi connectivity index (χ1v) is 6.87. The Kier molecular flexibility index (Phi) is 5.55. The van der Waals surface area contributed by atoms with Crippen molar-refractivity contribution >= 4 is 29.9 Å². The average molecular weight is 320 g/mol. The predicted octanol–water partition coefficient (Wildman–Crippen LogP) is 2.29. The Bertz CT molecular complexity index is 618. The lowest BCUT2D eigenvalue weighted by Crippen LogP contribution is -2.10. The van der Waals surface area contributed by atoms with Crippen molar-refractivity contribution in [3.63, 3.8) is 0 Å². The zero-order valence-corrected chi connectivity index (χ0v) is 12.8. The Hall–Kier alpha value is -2.34. The van der Waals surface area contributed by atoms with Crippen LogP contribution in [-0.2, 0) is 11.2 Å². The number of hydrogen-bond acceptors (Lipinski definition) is 6. The van der Waals surface area contributed by atoms with Crippen LogP contribution in [0.2, 0.25) is 0 Å². The number of benzene rings is 1. The highest BCUT2D eigenvalue weighted by molar-refractivity contribution is 5.85. The summed E-state index contributed by atoms with van der Waals surface area (Å²) in [5.41, 5.74) is 7.77. The van der Waals surface area contributed by atoms with Crippen LogP contribution in [0.4, 0.5) is 11.5 Å². The maximum atomic E-state index is 5.50. The molecule has 1 aliphatic heterocycles. The van der Waals surface area contributed by atoms with Gasteiger partial charge in [-0.25, -0.2) is 15.0 Å². The topological polar surface area (TPSA) is 85.4 Å². The summed E-state index contributed by atoms with van der Waals surface area (Å²) in [5.74, 6) is 0.783. The van der Waals surface area contributed by atoms with Crippen LogP contribution in [0, 0.1) is 0 Å². The summed E-state index contributed by atoms with van der Waals surface area (Å²) in [4.78, 5) is 12.2. The largest absolute Gasteiger partial charge is 0.463 e. The minimum atomic E-state index is 0. The monoisotopic (exact) mass is 319 g/mol. The van der Waals surface area contributed by atoms with Crippen molar-refractivity contribution in [2.45, 2.75) is 18.9 Å². The van der Waals surface area contributed by atoms with E-state index in [0.29, 0.717) is 12.6 Å². The van der Waals surface area contributed by atoms with Crippen molar-refractivity contribution < 1.29 is 4.74 Å². The molecule has 3 rings (SSSR count). The van der Waals surface area contributed by atoms with Gasteiger partial charge in [0.25, 0.3) is 6.02 Å². The van der Waals surface area contributed by atoms with Gasteiger partial charge in [-0.3, -0.25) is 0 Å². The molecular weight excluding hydrogens is 302 g/mol. The molecule has 7 heteroatoms. The summed E-state index contributed by atoms with van der Waals surface area (Å²) in [7, 11) is 0. The third-order valence-electron chi connectivity index (χ3n) is 3.31. The van der Waals surface area contributed by atoms with Crippen molar-refractivity contribution in [2.75, 3.05) is 11.9 Å². The maximum Gasteiger partial charge on any atom is 0.282 e. The fourth-order valence-corrected chi connectivity index (χ4v) is 2.18. The van der Waals surface area contributed by atoms with Crippen LogP contribution in [0.3, 0.4) is 0 Å². The number of ether oxygens (including phenoxy) is 1. The minimum Gasteiger partial charge on any atom is -0.463 e. The molecule has 22 heavy (non-hydrogen) atoms. The number of aliphatic imine (C=N–C) groups is 1. The lowest BCUT2D eigenvalue weighted by molar-refractivity contribution is 0.308. The number of anilines is 2. The van der Waals surface area contributed by atoms with E-state index in [0.717, 1.165) is 24.3 Å². The number of halogens is 1. The number of hydrogen-bond donors (Lipinski definition) is 2. The number of rotatable bonds is 5. The van der Waals surface area contributed by atoms with Crippen LogP contribution < -0.4 is 11.1 Å². The minimum absolute atomic E-state index is 0. The second-order valence-electron chi connectivity index (χ2n) is 4.89. The van der Waals surface area contributed by atoms with Gasteiger partial charge in [0, 0.05) is 11.9 Å². The van der Waals surface area contributed by atoms with E-state index in [1.165, 1.54) is 11.9 Å². The molecule has 0 saturated heterocycles. The number of nitrogens with one attached hydrogen (secondary N) is 1. The smallest absolute Gasteiger partial charge is 0.282 e. The van der Waals surface area contributed by atoms with E-state index in [-0.39, 0.29) is 18.4 Å². The number of nitrogens with two attached hydrogens (primary N) is 1. The van der Waals surface area contributed by atoms with Crippen LogP contribution in [0.25, 0.3) is 0 Å². The molecule has 116 valence electrons. The number of amidine groups is 1. The van der Waals surface area contributed by atoms with E-state index < -0.39 is 0 Å². The van der Waals surface area contributed by atoms with Gasteiger partial charge in [-0.2, -0.15) is 0 Å². The van der Waals surface area contributed by atoms with Gasteiger partial charge in [0.1, 0.15) is 18.8 Å². The van der Waals surface area contributed by atoms with Crippen LogP contribution in [-0.4, -0.2) is 28.6 Å². The van der Waals surface area contributed by atoms with Gasteiger partial charge in [0.2, 0.25) is 0 Å². The number of aryl methyl sites for hydroxylation is 1. The SMILES string of the molecule is Cl.NC1=NC(CCc2ccc(Nc3ccncn3)cc2)CO1. The first-order chi connectivity index (χ1) is 10.3. The van der Waals surface area contributed by atoms with Gasteiger partial charge in [0.15, 0.2) is 0 Å². The van der Waals surface area contributed by atoms with Crippen molar-refractivity contribution in [3.05, 3.63) is 48.4 Å². The van der Waals surface area contributed by atoms with Gasteiger partial charge in [-0.05, 0) is 36.6 Å². The van der Waals surface area contributed by atoms with Crippen LogP contribution in [0.5, 0.6) is 0 Å². The normalized spacial score (nSPS) is 16.4. The van der Waals surface area contributed by atoms with E-state index >= 15 is 0 Å². The summed E-state index contributed by atoms with van der Waals surface area (Å²) >= 11 is 0. The molecule has 0 amide bonds. The lowest BCUT2D eigenvalue weighted by atomic mass is 10.1. The van der Waals surface area contributed by atoms with Gasteiger partial charge in [-0.1, -0.05) is 12.1 Å². The van der Waals surface area contributed by atoms with Crippen molar-refractivity contribution in [1.82, 2.24) is 9.97 Å². The average Bonchev–Trinajstić information content (AvgIpc) is 2.93. The standard InChI is InChI=1S/C15H17N5O.ClH/c16-15-20-13(9-21-15)6-3-11-1-4-12(5-2-11)19-14-7-8-17-10-18-14;/h1-2,4-5,7-8,10,13H,3,6,9H2,(H2,16,20)(H,17,18,19);1H. The predicted molar refractivity (Wildman–Crippen MR) is 88.7 cm³/mol. The fourth-order valence-electron chi connectivity index (χ4n) is 2.18. The highest BCUT2D eigenvalue weighted by atomic mass is 35.5. The number of nitrogens with zero attached hydrogens (tertiary/aromatic N) is 3. The Balaban J connectivity index is 0.00000176. The Morgan fingerprint density at radius 3 is 2.68 bits per heavy atom. The van der Waals surface area contributed by atoms with Crippen molar-refractivity contribution in [3.8, 4) is 0 Å². The third-order valence-corrected chi connectivity index (χ3v) is 3.31. The van der Waals surface area contributed by atoms with Crippen molar-refractivity contribution in [2.24, 2.45) is 10.7 Å². The first kappa shape index (κ1) is 16.0. The molecular formula is C15H18ClN5O. The summed E-state index contributed by atoms with van der Waals surface area (Å²) in [5, 5.41) is 3.22. The van der Waals surface area contributed by atoms with Gasteiger partial charge < -0.3 is 15.8 Å². The van der Waals surface area contributed by atoms with E-state index in [4.69, 9.17) is 10.5 Å². The van der Waals surface area contributed by atoms with Crippen LogP contribution in [0.15, 0.2) is 47.8 Å². The highest BCUT2D eigenvalue weighted by Crippen LogP contribution is 2.17. The molecule has 1 aliphatic rings. The quantitative estimate of drug-likeness (QED) is 0.883. The molecule has 2 aromatic rings. The third kappa shape index (κ3) is 4.33. The Labute approximate surface area is 135 Å². The highest BCUT2D eigenvalue weighted by Gasteiger charge is 2.15. The molecule has 0 aliphatic carbocycles. The van der Waals surface area contributed by atoms with E-state index in [9.17, 15) is 0 Å². The number of aromatic nitrogens is 2. The molecule has 1 unspecified atom stereocenters. The molecule has 0 radical (unpaired) electrons. The van der Waals surface area contributed by atoms with E-state index in [1.807, 2.05) is 18.2 Å². The zero-order chi connectivity index (χ0) is 14.5. The fraction of sp³-hybridized carbons (Fsp3) is 0.267. The molecule has 3 N–H and O–H groups in total. The molecule has 0 spiro atoms. The lowest BCUT2D eigenvalue weighted by Gasteiger charge is -2.07. The first-order valence-electron chi connectivity index (χ1n) is 6.87. The molecule has 1 aromatic heterocycles. The van der Waals surface area contributed by atoms with Gasteiger partial charge in [0.05, 0.1) is 6.04 Å². The van der Waals surface area contributed by atoms with Crippen LogP contribution >= 0.6 is 12.4 Å². The summed E-state index contributed by atoms with van der Waals surface area (Å²) < 4.78 is 5.15. The van der Waals surface area contributed by atoms with E-state index in [2.05, 4.69) is 32.4 Å². The van der Waals surface area contributed by atoms with Gasteiger partial charge in [-0.15, -0.1) is 12.4 Å². The summed E-state index contributed by atoms with van der Waals surface area (Å²) in [6.07, 6.45) is 5.13. The van der Waals surface area contributed by atoms with Crippen molar-refractivity contribution in [1.29, 1.82) is 0 Å². The molecule has 0 bridgehead atoms. The summed E-state index contributed by atoms with van der Waals surface area (Å²) in [6, 6.07) is 10.6. The molecule has 6 nitrogen and oxygen atoms in total. The second kappa shape index (κ2) is 7.61. The van der Waals surface area contributed by atoms with Gasteiger partial charge >= 0.3 is 0 Å². The molecule has 0 saturated carbocycles.